The molecule has 0 atom stereocenters. The highest BCUT2D eigenvalue weighted by molar-refractivity contribution is 6.32. The van der Waals surface area contributed by atoms with Gasteiger partial charge in [-0.3, -0.25) is 14.5 Å². The smallest absolute Gasteiger partial charge is 0.267 e. The standard InChI is InChI=1S/C32H48ClN2O4.HI/c1-4-6-7-8-9-10-11-12-13-14-15-18-23-38-31-21-20-29(24-30(31)33)39-26-32(37)35(27(3)36)25-28-19-16-17-22-34(28)5-2;/h16-17,19-22,24H,4-15,18,23,25-26H2,1-3H3;1H/q+1;/p-1. The first kappa shape index (κ1) is 36.2. The average Bonchev–Trinajstić information content (AvgIpc) is 2.93. The molecule has 1 aromatic heterocycles. The van der Waals surface area contributed by atoms with Crippen molar-refractivity contribution < 1.29 is 47.6 Å². The molecule has 0 unspecified atom stereocenters. The number of aromatic nitrogens is 1. The van der Waals surface area contributed by atoms with Gasteiger partial charge in [-0.15, -0.1) is 0 Å². The quantitative estimate of drug-likeness (QED) is 0.115. The number of aryl methyl sites for hydroxylation is 1. The lowest BCUT2D eigenvalue weighted by Gasteiger charge is -2.18. The van der Waals surface area contributed by atoms with E-state index in [1.165, 1.54) is 76.0 Å². The van der Waals surface area contributed by atoms with Crippen LogP contribution in [0.25, 0.3) is 0 Å². The fourth-order valence-electron chi connectivity index (χ4n) is 4.54. The van der Waals surface area contributed by atoms with Crippen LogP contribution in [0.3, 0.4) is 0 Å². The zero-order valence-corrected chi connectivity index (χ0v) is 27.6. The van der Waals surface area contributed by atoms with Crippen LogP contribution in [-0.2, 0) is 22.7 Å². The van der Waals surface area contributed by atoms with Crippen molar-refractivity contribution in [2.24, 2.45) is 0 Å². The Bertz CT molecular complexity index is 1000. The Hall–Kier alpha value is -1.87. The van der Waals surface area contributed by atoms with E-state index in [4.69, 9.17) is 21.1 Å². The molecule has 0 aliphatic rings. The minimum Gasteiger partial charge on any atom is -1.00 e. The van der Waals surface area contributed by atoms with Gasteiger partial charge in [0.2, 0.25) is 11.6 Å². The molecule has 2 amide bonds. The third-order valence-corrected chi connectivity index (χ3v) is 7.19. The Balaban J connectivity index is 0.00000800. The summed E-state index contributed by atoms with van der Waals surface area (Å²) < 4.78 is 13.5. The highest BCUT2D eigenvalue weighted by Crippen LogP contribution is 2.29. The molecule has 1 aromatic carbocycles. The molecule has 40 heavy (non-hydrogen) atoms. The largest absolute Gasteiger partial charge is 1.00 e. The number of halogens is 2. The maximum atomic E-state index is 12.8. The number of carbonyl (C=O) groups is 2. The molecule has 8 heteroatoms. The van der Waals surface area contributed by atoms with Gasteiger partial charge in [-0.1, -0.05) is 95.2 Å². The molecule has 6 nitrogen and oxygen atoms in total. The number of imide groups is 1. The van der Waals surface area contributed by atoms with Gasteiger partial charge in [0.15, 0.2) is 12.8 Å². The summed E-state index contributed by atoms with van der Waals surface area (Å²) in [5.41, 5.74) is 0.876. The fraction of sp³-hybridized carbons (Fsp3) is 0.594. The van der Waals surface area contributed by atoms with E-state index in [1.807, 2.05) is 35.9 Å². The number of ether oxygens (including phenoxy) is 2. The number of amides is 2. The third-order valence-electron chi connectivity index (χ3n) is 6.90. The predicted molar refractivity (Wildman–Crippen MR) is 157 cm³/mol. The van der Waals surface area contributed by atoms with Crippen LogP contribution in [0, 0.1) is 0 Å². The van der Waals surface area contributed by atoms with Crippen LogP contribution < -0.4 is 38.0 Å². The summed E-state index contributed by atoms with van der Waals surface area (Å²) in [6, 6.07) is 10.9. The van der Waals surface area contributed by atoms with Crippen molar-refractivity contribution in [2.75, 3.05) is 13.2 Å². The molecule has 2 rings (SSSR count). The number of pyridine rings is 1. The van der Waals surface area contributed by atoms with E-state index in [0.717, 1.165) is 25.1 Å². The molecule has 1 heterocycles. The molecule has 0 N–H and O–H groups in total. The van der Waals surface area contributed by atoms with Crippen LogP contribution >= 0.6 is 11.6 Å². The zero-order valence-electron chi connectivity index (χ0n) is 24.6. The fourth-order valence-corrected chi connectivity index (χ4v) is 4.76. The lowest BCUT2D eigenvalue weighted by atomic mass is 10.1. The minimum atomic E-state index is -0.405. The molecule has 2 aromatic rings. The Morgan fingerprint density at radius 3 is 2.05 bits per heavy atom. The van der Waals surface area contributed by atoms with Crippen LogP contribution in [0.2, 0.25) is 5.02 Å². The second-order valence-electron chi connectivity index (χ2n) is 10.1. The van der Waals surface area contributed by atoms with Crippen molar-refractivity contribution >= 4 is 23.4 Å². The lowest BCUT2D eigenvalue weighted by molar-refractivity contribution is -0.701. The summed E-state index contributed by atoms with van der Waals surface area (Å²) in [6.07, 6.45) is 17.6. The number of carbonyl (C=O) groups excluding carboxylic acids is 2. The van der Waals surface area contributed by atoms with Gasteiger partial charge < -0.3 is 33.5 Å². The number of rotatable bonds is 20. The third kappa shape index (κ3) is 14.2. The number of unbranched alkanes of at least 4 members (excludes halogenated alkanes) is 11. The van der Waals surface area contributed by atoms with Crippen LogP contribution in [0.4, 0.5) is 0 Å². The molecule has 0 saturated carbocycles. The molecular weight excluding hydrogens is 639 g/mol. The summed E-state index contributed by atoms with van der Waals surface area (Å²) in [4.78, 5) is 26.1. The summed E-state index contributed by atoms with van der Waals surface area (Å²) in [5.74, 6) is 0.335. The maximum absolute atomic E-state index is 12.8. The number of hydrogen-bond donors (Lipinski definition) is 0. The summed E-state index contributed by atoms with van der Waals surface area (Å²) in [5, 5.41) is 0.440. The first-order valence-corrected chi connectivity index (χ1v) is 15.2. The second kappa shape index (κ2) is 21.8. The van der Waals surface area contributed by atoms with Gasteiger partial charge in [-0.05, 0) is 25.5 Å². The van der Waals surface area contributed by atoms with Crippen molar-refractivity contribution in [1.82, 2.24) is 4.90 Å². The summed E-state index contributed by atoms with van der Waals surface area (Å²) >= 11 is 6.39. The molecule has 0 radical (unpaired) electrons. The highest BCUT2D eigenvalue weighted by atomic mass is 127. The number of hydrogen-bond acceptors (Lipinski definition) is 4. The van der Waals surface area contributed by atoms with Crippen molar-refractivity contribution in [3.63, 3.8) is 0 Å². The first-order chi connectivity index (χ1) is 19.0. The maximum Gasteiger partial charge on any atom is 0.267 e. The monoisotopic (exact) mass is 686 g/mol. The second-order valence-corrected chi connectivity index (χ2v) is 10.5. The van der Waals surface area contributed by atoms with Gasteiger partial charge in [0.05, 0.1) is 11.6 Å². The van der Waals surface area contributed by atoms with Gasteiger partial charge in [0, 0.05) is 25.1 Å². The zero-order chi connectivity index (χ0) is 28.3. The van der Waals surface area contributed by atoms with Crippen molar-refractivity contribution in [2.45, 2.75) is 111 Å². The topological polar surface area (TPSA) is 59.7 Å². The number of nitrogens with zero attached hydrogens (tertiary/aromatic N) is 2. The van der Waals surface area contributed by atoms with E-state index in [0.29, 0.717) is 23.1 Å². The van der Waals surface area contributed by atoms with Gasteiger partial charge >= 0.3 is 0 Å². The first-order valence-electron chi connectivity index (χ1n) is 14.8. The van der Waals surface area contributed by atoms with E-state index < -0.39 is 5.91 Å². The Morgan fingerprint density at radius 2 is 1.48 bits per heavy atom. The highest BCUT2D eigenvalue weighted by Gasteiger charge is 2.23. The van der Waals surface area contributed by atoms with E-state index in [2.05, 4.69) is 6.92 Å². The molecule has 0 aliphatic heterocycles. The van der Waals surface area contributed by atoms with Crippen LogP contribution in [-0.4, -0.2) is 29.9 Å². The van der Waals surface area contributed by atoms with Crippen molar-refractivity contribution in [3.05, 3.63) is 53.3 Å². The van der Waals surface area contributed by atoms with E-state index in [-0.39, 0.29) is 43.0 Å². The molecule has 0 fully saturated rings. The van der Waals surface area contributed by atoms with Crippen molar-refractivity contribution in [1.29, 1.82) is 0 Å². The molecule has 0 spiro atoms. The molecule has 0 saturated heterocycles. The SMILES string of the molecule is CCCCCCCCCCCCCCOc1ccc(OCC(=O)N(Cc2cccc[n+]2CC)C(C)=O)cc1Cl.[I-]. The summed E-state index contributed by atoms with van der Waals surface area (Å²) in [7, 11) is 0. The number of benzene rings is 1. The van der Waals surface area contributed by atoms with E-state index in [1.54, 1.807) is 18.2 Å². The Morgan fingerprint density at radius 1 is 0.850 bits per heavy atom. The molecular formula is C32H48ClIN2O4. The van der Waals surface area contributed by atoms with Crippen LogP contribution in [0.15, 0.2) is 42.6 Å². The Kier molecular flexibility index (Phi) is 19.7. The van der Waals surface area contributed by atoms with Crippen LogP contribution in [0.1, 0.15) is 104 Å². The van der Waals surface area contributed by atoms with E-state index in [9.17, 15) is 9.59 Å². The Labute approximate surface area is 263 Å². The molecule has 0 aliphatic carbocycles. The van der Waals surface area contributed by atoms with Gasteiger partial charge in [0.25, 0.3) is 5.91 Å². The normalized spacial score (nSPS) is 10.6. The van der Waals surface area contributed by atoms with Gasteiger partial charge in [0.1, 0.15) is 24.6 Å². The predicted octanol–water partition coefficient (Wildman–Crippen LogP) is 4.69. The average molecular weight is 687 g/mol. The van der Waals surface area contributed by atoms with Crippen molar-refractivity contribution in [3.8, 4) is 11.5 Å². The van der Waals surface area contributed by atoms with Gasteiger partial charge in [-0.25, -0.2) is 4.57 Å². The summed E-state index contributed by atoms with van der Waals surface area (Å²) in [6.45, 7) is 6.98. The lowest BCUT2D eigenvalue weighted by Crippen LogP contribution is -3.00. The molecule has 224 valence electrons. The van der Waals surface area contributed by atoms with Crippen LogP contribution in [0.5, 0.6) is 11.5 Å². The minimum absolute atomic E-state index is 0. The van der Waals surface area contributed by atoms with Gasteiger partial charge in [-0.2, -0.15) is 0 Å². The van der Waals surface area contributed by atoms with E-state index >= 15 is 0 Å². The molecule has 0 bridgehead atoms.